The highest BCUT2D eigenvalue weighted by Gasteiger charge is 2.27. The Bertz CT molecular complexity index is 1050. The highest BCUT2D eigenvalue weighted by molar-refractivity contribution is 5.79. The van der Waals surface area contributed by atoms with Crippen LogP contribution >= 0.6 is 0 Å². The molecule has 6 heteroatoms. The largest absolute Gasteiger partial charge is 0.367 e. The lowest BCUT2D eigenvalue weighted by atomic mass is 10.1. The highest BCUT2D eigenvalue weighted by Crippen LogP contribution is 2.24. The first-order valence-electron chi connectivity index (χ1n) is 10.5. The summed E-state index contributed by atoms with van der Waals surface area (Å²) in [5.74, 6) is 0.521. The first kappa shape index (κ1) is 21.7. The number of rotatable bonds is 9. The molecule has 0 N–H and O–H groups in total. The number of benzene rings is 2. The quantitative estimate of drug-likeness (QED) is 0.539. The van der Waals surface area contributed by atoms with Crippen LogP contribution in [0.2, 0.25) is 0 Å². The third-order valence-electron chi connectivity index (χ3n) is 5.27. The molecule has 1 heterocycles. The molecule has 1 aromatic heterocycles. The van der Waals surface area contributed by atoms with Crippen LogP contribution in [0.15, 0.2) is 59.4 Å². The lowest BCUT2D eigenvalue weighted by molar-refractivity contribution is -0.139. The number of aromatic nitrogens is 2. The van der Waals surface area contributed by atoms with Crippen molar-refractivity contribution in [2.45, 2.75) is 46.4 Å². The first-order chi connectivity index (χ1) is 14.6. The van der Waals surface area contributed by atoms with Gasteiger partial charge in [0, 0.05) is 13.1 Å². The van der Waals surface area contributed by atoms with E-state index in [0.717, 1.165) is 5.56 Å². The average Bonchev–Trinajstić information content (AvgIpc) is 2.78. The topological polar surface area (TPSA) is 64.4 Å². The predicted octanol–water partition coefficient (Wildman–Crippen LogP) is 3.93. The van der Waals surface area contributed by atoms with Crippen molar-refractivity contribution in [3.63, 3.8) is 0 Å². The second-order valence-corrected chi connectivity index (χ2v) is 7.12. The van der Waals surface area contributed by atoms with Gasteiger partial charge in [-0.1, -0.05) is 49.4 Å². The van der Waals surface area contributed by atoms with E-state index in [-0.39, 0.29) is 24.1 Å². The maximum atomic E-state index is 13.0. The normalized spacial score (nSPS) is 12.1. The van der Waals surface area contributed by atoms with Gasteiger partial charge in [-0.3, -0.25) is 14.2 Å². The van der Waals surface area contributed by atoms with E-state index >= 15 is 0 Å². The molecule has 0 fully saturated rings. The van der Waals surface area contributed by atoms with Crippen molar-refractivity contribution in [1.29, 1.82) is 0 Å². The minimum absolute atomic E-state index is 0.0107. The molecular weight excluding hydrogens is 378 g/mol. The third kappa shape index (κ3) is 4.60. The van der Waals surface area contributed by atoms with Gasteiger partial charge >= 0.3 is 0 Å². The molecule has 1 amide bonds. The number of likely N-dealkylation sites (N-methyl/N-ethyl adjacent to an activating group) is 1. The van der Waals surface area contributed by atoms with Crippen LogP contribution in [-0.4, -0.2) is 33.5 Å². The zero-order chi connectivity index (χ0) is 21.5. The van der Waals surface area contributed by atoms with Crippen LogP contribution in [0.5, 0.6) is 0 Å². The summed E-state index contributed by atoms with van der Waals surface area (Å²) in [5, 5.41) is 0.596. The van der Waals surface area contributed by atoms with E-state index in [1.54, 1.807) is 15.5 Å². The SMILES string of the molecule is CCC(c1nc2ccccc2c(=O)n1CC)N(CC)C(=O)COCc1ccccc1. The second-order valence-electron chi connectivity index (χ2n) is 7.12. The number of carbonyl (C=O) groups is 1. The molecule has 30 heavy (non-hydrogen) atoms. The maximum Gasteiger partial charge on any atom is 0.261 e. The summed E-state index contributed by atoms with van der Waals surface area (Å²) in [4.78, 5) is 32.5. The summed E-state index contributed by atoms with van der Waals surface area (Å²) in [6.07, 6.45) is 0.656. The average molecular weight is 408 g/mol. The molecule has 1 atom stereocenters. The fourth-order valence-electron chi connectivity index (χ4n) is 3.77. The number of ether oxygens (including phenoxy) is 1. The number of para-hydroxylation sites is 1. The Balaban J connectivity index is 1.85. The van der Waals surface area contributed by atoms with Crippen LogP contribution < -0.4 is 5.56 Å². The molecule has 3 rings (SSSR count). The lowest BCUT2D eigenvalue weighted by Crippen LogP contribution is -2.40. The highest BCUT2D eigenvalue weighted by atomic mass is 16.5. The Morgan fingerprint density at radius 1 is 1.07 bits per heavy atom. The summed E-state index contributed by atoms with van der Waals surface area (Å²) >= 11 is 0. The summed E-state index contributed by atoms with van der Waals surface area (Å²) < 4.78 is 7.34. The number of hydrogen-bond donors (Lipinski definition) is 0. The Kier molecular flexibility index (Phi) is 7.36. The summed E-state index contributed by atoms with van der Waals surface area (Å²) in [6.45, 7) is 7.25. The standard InChI is InChI=1S/C24H29N3O3/c1-4-21(23-25-20-15-11-10-14-19(20)24(29)27(23)6-3)26(5-2)22(28)17-30-16-18-12-8-7-9-13-18/h7-15,21H,4-6,16-17H2,1-3H3. The van der Waals surface area contributed by atoms with E-state index in [0.29, 0.717) is 42.8 Å². The molecule has 6 nitrogen and oxygen atoms in total. The number of amides is 1. The van der Waals surface area contributed by atoms with Crippen LogP contribution in [0.4, 0.5) is 0 Å². The molecule has 3 aromatic rings. The van der Waals surface area contributed by atoms with Gasteiger partial charge in [0.15, 0.2) is 0 Å². The molecule has 0 spiro atoms. The van der Waals surface area contributed by atoms with Crippen molar-refractivity contribution >= 4 is 16.8 Å². The van der Waals surface area contributed by atoms with Gasteiger partial charge in [-0.25, -0.2) is 4.98 Å². The van der Waals surface area contributed by atoms with Gasteiger partial charge in [-0.05, 0) is 38.0 Å². The summed E-state index contributed by atoms with van der Waals surface area (Å²) in [6, 6.07) is 16.8. The van der Waals surface area contributed by atoms with Gasteiger partial charge in [0.05, 0.1) is 23.6 Å². The molecule has 0 radical (unpaired) electrons. The molecule has 158 valence electrons. The molecule has 0 bridgehead atoms. The molecule has 2 aromatic carbocycles. The monoisotopic (exact) mass is 407 g/mol. The molecule has 0 aliphatic carbocycles. The Hall–Kier alpha value is -2.99. The lowest BCUT2D eigenvalue weighted by Gasteiger charge is -2.31. The van der Waals surface area contributed by atoms with Crippen molar-refractivity contribution in [2.75, 3.05) is 13.2 Å². The fraction of sp³-hybridized carbons (Fsp3) is 0.375. The van der Waals surface area contributed by atoms with Gasteiger partial charge < -0.3 is 9.64 Å². The molecule has 0 saturated heterocycles. The summed E-state index contributed by atoms with van der Waals surface area (Å²) in [7, 11) is 0. The van der Waals surface area contributed by atoms with E-state index < -0.39 is 0 Å². The van der Waals surface area contributed by atoms with E-state index in [1.165, 1.54) is 0 Å². The van der Waals surface area contributed by atoms with Gasteiger partial charge in [0.25, 0.3) is 5.56 Å². The zero-order valence-electron chi connectivity index (χ0n) is 17.9. The minimum atomic E-state index is -0.292. The third-order valence-corrected chi connectivity index (χ3v) is 5.27. The molecule has 0 aliphatic rings. The van der Waals surface area contributed by atoms with Gasteiger partial charge in [-0.15, -0.1) is 0 Å². The number of hydrogen-bond acceptors (Lipinski definition) is 4. The number of nitrogens with zero attached hydrogens (tertiary/aromatic N) is 3. The van der Waals surface area contributed by atoms with Crippen molar-refractivity contribution in [3.8, 4) is 0 Å². The van der Waals surface area contributed by atoms with Crippen LogP contribution in [0.25, 0.3) is 10.9 Å². The van der Waals surface area contributed by atoms with E-state index in [1.807, 2.05) is 69.3 Å². The smallest absolute Gasteiger partial charge is 0.261 e. The molecule has 0 aliphatic heterocycles. The van der Waals surface area contributed by atoms with Crippen molar-refractivity contribution in [2.24, 2.45) is 0 Å². The van der Waals surface area contributed by atoms with E-state index in [4.69, 9.17) is 9.72 Å². The molecule has 0 saturated carbocycles. The first-order valence-corrected chi connectivity index (χ1v) is 10.5. The van der Waals surface area contributed by atoms with Gasteiger partial charge in [0.2, 0.25) is 5.91 Å². The van der Waals surface area contributed by atoms with Crippen LogP contribution in [0, 0.1) is 0 Å². The zero-order valence-corrected chi connectivity index (χ0v) is 17.9. The molecule has 1 unspecified atom stereocenters. The van der Waals surface area contributed by atoms with Crippen LogP contribution in [0.3, 0.4) is 0 Å². The minimum Gasteiger partial charge on any atom is -0.367 e. The number of carbonyl (C=O) groups excluding carboxylic acids is 1. The van der Waals surface area contributed by atoms with Crippen molar-refractivity contribution < 1.29 is 9.53 Å². The number of fused-ring (bicyclic) bond motifs is 1. The maximum absolute atomic E-state index is 13.0. The van der Waals surface area contributed by atoms with Crippen molar-refractivity contribution in [1.82, 2.24) is 14.5 Å². The van der Waals surface area contributed by atoms with Crippen molar-refractivity contribution in [3.05, 3.63) is 76.3 Å². The fourth-order valence-corrected chi connectivity index (χ4v) is 3.77. The predicted molar refractivity (Wildman–Crippen MR) is 118 cm³/mol. The second kappa shape index (κ2) is 10.2. The van der Waals surface area contributed by atoms with Gasteiger partial charge in [-0.2, -0.15) is 0 Å². The van der Waals surface area contributed by atoms with Crippen LogP contribution in [-0.2, 0) is 22.7 Å². The van der Waals surface area contributed by atoms with Gasteiger partial charge in [0.1, 0.15) is 12.4 Å². The van der Waals surface area contributed by atoms with E-state index in [9.17, 15) is 9.59 Å². The Labute approximate surface area is 177 Å². The van der Waals surface area contributed by atoms with Crippen LogP contribution in [0.1, 0.15) is 44.6 Å². The summed E-state index contributed by atoms with van der Waals surface area (Å²) in [5.41, 5.74) is 1.61. The Morgan fingerprint density at radius 2 is 1.77 bits per heavy atom. The molecular formula is C24H29N3O3. The Morgan fingerprint density at radius 3 is 2.43 bits per heavy atom. The van der Waals surface area contributed by atoms with E-state index in [2.05, 4.69) is 0 Å².